The molecule has 1 amide bonds. The van der Waals surface area contributed by atoms with Crippen molar-refractivity contribution in [2.24, 2.45) is 0 Å². The maximum absolute atomic E-state index is 12.5. The number of sulfonamides is 1. The molecule has 0 bridgehead atoms. The van der Waals surface area contributed by atoms with Crippen LogP contribution in [-0.2, 0) is 10.0 Å². The number of hydrogen-bond donors (Lipinski definition) is 1. The lowest BCUT2D eigenvalue weighted by Gasteiger charge is -2.09. The van der Waals surface area contributed by atoms with Crippen molar-refractivity contribution in [3.8, 4) is 5.75 Å². The second-order valence-electron chi connectivity index (χ2n) is 5.24. The molecular formula is C15H16N2O7S. The molecule has 1 aromatic carbocycles. The van der Waals surface area contributed by atoms with Crippen LogP contribution in [0.25, 0.3) is 0 Å². The van der Waals surface area contributed by atoms with Crippen LogP contribution >= 0.6 is 0 Å². The van der Waals surface area contributed by atoms with Gasteiger partial charge in [-0.25, -0.2) is 13.1 Å². The van der Waals surface area contributed by atoms with Crippen LogP contribution in [0, 0.1) is 30.9 Å². The molecule has 0 spiro atoms. The normalized spacial score (nSPS) is 11.2. The number of furan rings is 1. The number of nitro groups is 1. The Bertz CT molecular complexity index is 960. The van der Waals surface area contributed by atoms with Crippen molar-refractivity contribution in [2.75, 3.05) is 7.11 Å². The Morgan fingerprint density at radius 3 is 2.36 bits per heavy atom. The molecule has 0 atom stereocenters. The van der Waals surface area contributed by atoms with Crippen LogP contribution in [0.5, 0.6) is 5.75 Å². The Morgan fingerprint density at radius 2 is 1.88 bits per heavy atom. The summed E-state index contributed by atoms with van der Waals surface area (Å²) in [6.07, 6.45) is 0. The molecule has 0 radical (unpaired) electrons. The number of methoxy groups -OCH3 is 1. The third kappa shape index (κ3) is 3.48. The van der Waals surface area contributed by atoms with Gasteiger partial charge >= 0.3 is 0 Å². The maximum atomic E-state index is 12.5. The summed E-state index contributed by atoms with van der Waals surface area (Å²) < 4.78 is 36.9. The Morgan fingerprint density at radius 1 is 1.24 bits per heavy atom. The van der Waals surface area contributed by atoms with E-state index in [4.69, 9.17) is 9.15 Å². The van der Waals surface area contributed by atoms with E-state index in [-0.39, 0.29) is 17.1 Å². The number of nitro benzene ring substituents is 1. The lowest BCUT2D eigenvalue weighted by atomic mass is 10.1. The van der Waals surface area contributed by atoms with Gasteiger partial charge in [-0.1, -0.05) is 0 Å². The van der Waals surface area contributed by atoms with Crippen LogP contribution in [0.4, 0.5) is 5.69 Å². The lowest BCUT2D eigenvalue weighted by molar-refractivity contribution is -0.387. The van der Waals surface area contributed by atoms with E-state index < -0.39 is 31.4 Å². The van der Waals surface area contributed by atoms with Gasteiger partial charge in [0.2, 0.25) is 0 Å². The Hall–Kier alpha value is -2.88. The maximum Gasteiger partial charge on any atom is 0.293 e. The molecular weight excluding hydrogens is 352 g/mol. The third-order valence-corrected chi connectivity index (χ3v) is 5.05. The van der Waals surface area contributed by atoms with Crippen LogP contribution in [0.3, 0.4) is 0 Å². The summed E-state index contributed by atoms with van der Waals surface area (Å²) in [5.41, 5.74) is -0.122. The van der Waals surface area contributed by atoms with E-state index in [0.29, 0.717) is 11.3 Å². The van der Waals surface area contributed by atoms with Crippen LogP contribution < -0.4 is 9.46 Å². The topological polar surface area (TPSA) is 129 Å². The van der Waals surface area contributed by atoms with Gasteiger partial charge in [0.15, 0.2) is 4.90 Å². The Kier molecular flexibility index (Phi) is 4.84. The second-order valence-corrected chi connectivity index (χ2v) is 6.89. The van der Waals surface area contributed by atoms with Crippen molar-refractivity contribution in [2.45, 2.75) is 25.7 Å². The van der Waals surface area contributed by atoms with E-state index in [1.54, 1.807) is 13.8 Å². The average Bonchev–Trinajstić information content (AvgIpc) is 2.78. The predicted molar refractivity (Wildman–Crippen MR) is 87.2 cm³/mol. The van der Waals surface area contributed by atoms with Gasteiger partial charge in [0.05, 0.1) is 23.7 Å². The van der Waals surface area contributed by atoms with Gasteiger partial charge in [0.25, 0.3) is 21.6 Å². The van der Waals surface area contributed by atoms with Gasteiger partial charge in [0, 0.05) is 5.56 Å². The third-order valence-electron chi connectivity index (χ3n) is 3.67. The number of carbonyl (C=O) groups excluding carboxylic acids is 1. The number of nitrogens with zero attached hydrogens (tertiary/aromatic N) is 1. The molecule has 134 valence electrons. The van der Waals surface area contributed by atoms with Gasteiger partial charge in [-0.15, -0.1) is 0 Å². The van der Waals surface area contributed by atoms with Crippen LogP contribution in [0.1, 0.15) is 27.4 Å². The summed E-state index contributed by atoms with van der Waals surface area (Å²) in [5.74, 6) is -0.0616. The van der Waals surface area contributed by atoms with Crippen molar-refractivity contribution in [1.29, 1.82) is 0 Å². The van der Waals surface area contributed by atoms with Gasteiger partial charge in [-0.05, 0) is 32.9 Å². The minimum Gasteiger partial charge on any atom is -0.497 e. The number of aryl methyl sites for hydroxylation is 2. The number of nitrogens with one attached hydrogen (secondary N) is 1. The van der Waals surface area contributed by atoms with E-state index in [9.17, 15) is 23.3 Å². The summed E-state index contributed by atoms with van der Waals surface area (Å²) in [6, 6.07) is 3.23. The molecule has 0 aliphatic rings. The minimum absolute atomic E-state index is 0.0808. The van der Waals surface area contributed by atoms with E-state index in [0.717, 1.165) is 12.1 Å². The predicted octanol–water partition coefficient (Wildman–Crippen LogP) is 2.24. The quantitative estimate of drug-likeness (QED) is 0.633. The lowest BCUT2D eigenvalue weighted by Crippen LogP contribution is -2.31. The molecule has 0 unspecified atom stereocenters. The first-order chi connectivity index (χ1) is 11.6. The molecule has 0 saturated carbocycles. The van der Waals surface area contributed by atoms with Crippen LogP contribution in [0.2, 0.25) is 0 Å². The number of carbonyl (C=O) groups is 1. The molecule has 0 aliphatic carbocycles. The average molecular weight is 368 g/mol. The fourth-order valence-electron chi connectivity index (χ4n) is 2.35. The van der Waals surface area contributed by atoms with Crippen molar-refractivity contribution < 1.29 is 27.3 Å². The zero-order valence-electron chi connectivity index (χ0n) is 13.9. The summed E-state index contributed by atoms with van der Waals surface area (Å²) in [6.45, 7) is 4.78. The first-order valence-corrected chi connectivity index (χ1v) is 8.53. The molecule has 10 heteroatoms. The molecule has 9 nitrogen and oxygen atoms in total. The van der Waals surface area contributed by atoms with E-state index >= 15 is 0 Å². The highest BCUT2D eigenvalue weighted by Crippen LogP contribution is 2.29. The molecule has 1 heterocycles. The number of amides is 1. The van der Waals surface area contributed by atoms with Crippen molar-refractivity contribution >= 4 is 21.6 Å². The van der Waals surface area contributed by atoms with Gasteiger partial charge < -0.3 is 9.15 Å². The molecule has 2 aromatic rings. The highest BCUT2D eigenvalue weighted by Gasteiger charge is 2.30. The first-order valence-electron chi connectivity index (χ1n) is 7.04. The minimum atomic E-state index is -4.47. The Balaban J connectivity index is 2.46. The standard InChI is InChI=1S/C15H16N2O7S/c1-8-9(2)24-10(3)14(8)15(18)16-25(21,22)13-6-5-11(23-4)7-12(13)17(19)20/h5-7H,1-4H3,(H,16,18). The van der Waals surface area contributed by atoms with Crippen molar-refractivity contribution in [1.82, 2.24) is 4.72 Å². The molecule has 0 fully saturated rings. The van der Waals surface area contributed by atoms with E-state index in [1.165, 1.54) is 20.1 Å². The summed E-state index contributed by atoms with van der Waals surface area (Å²) in [4.78, 5) is 22.0. The summed E-state index contributed by atoms with van der Waals surface area (Å²) in [7, 11) is -3.18. The number of ether oxygens (including phenoxy) is 1. The number of benzene rings is 1. The van der Waals surface area contributed by atoms with E-state index in [1.807, 2.05) is 4.72 Å². The fourth-order valence-corrected chi connectivity index (χ4v) is 3.46. The van der Waals surface area contributed by atoms with Crippen LogP contribution in [0.15, 0.2) is 27.5 Å². The smallest absolute Gasteiger partial charge is 0.293 e. The second kappa shape index (κ2) is 6.55. The highest BCUT2D eigenvalue weighted by atomic mass is 32.2. The zero-order chi connectivity index (χ0) is 18.9. The summed E-state index contributed by atoms with van der Waals surface area (Å²) in [5, 5.41) is 11.2. The molecule has 2 rings (SSSR count). The SMILES string of the molecule is COc1ccc(S(=O)(=O)NC(=O)c2c(C)oc(C)c2C)c([N+](=O)[O-])c1. The van der Waals surface area contributed by atoms with Gasteiger partial charge in [0.1, 0.15) is 17.3 Å². The number of hydrogen-bond acceptors (Lipinski definition) is 7. The molecule has 0 aliphatic heterocycles. The molecule has 1 N–H and O–H groups in total. The molecule has 25 heavy (non-hydrogen) atoms. The molecule has 1 aromatic heterocycles. The number of rotatable bonds is 5. The van der Waals surface area contributed by atoms with Crippen molar-refractivity contribution in [3.05, 3.63) is 51.0 Å². The highest BCUT2D eigenvalue weighted by molar-refractivity contribution is 7.90. The molecule has 0 saturated heterocycles. The van der Waals surface area contributed by atoms with Gasteiger partial charge in [-0.3, -0.25) is 14.9 Å². The largest absolute Gasteiger partial charge is 0.497 e. The van der Waals surface area contributed by atoms with Crippen LogP contribution in [-0.4, -0.2) is 26.4 Å². The first kappa shape index (κ1) is 18.5. The monoisotopic (exact) mass is 368 g/mol. The Labute approximate surface area is 143 Å². The van der Waals surface area contributed by atoms with Gasteiger partial charge in [-0.2, -0.15) is 0 Å². The van der Waals surface area contributed by atoms with Crippen molar-refractivity contribution in [3.63, 3.8) is 0 Å². The fraction of sp³-hybridized carbons (Fsp3) is 0.267. The summed E-state index contributed by atoms with van der Waals surface area (Å²) >= 11 is 0. The zero-order valence-corrected chi connectivity index (χ0v) is 14.8. The van der Waals surface area contributed by atoms with E-state index in [2.05, 4.69) is 0 Å².